The topological polar surface area (TPSA) is 82.1 Å². The van der Waals surface area contributed by atoms with Gasteiger partial charge in [0.15, 0.2) is 0 Å². The average molecular weight is 366 g/mol. The minimum absolute atomic E-state index is 0.352. The Morgan fingerprint density at radius 2 is 2.15 bits per heavy atom. The van der Waals surface area contributed by atoms with Gasteiger partial charge in [-0.05, 0) is 31.4 Å². The molecule has 0 N–H and O–H groups in total. The summed E-state index contributed by atoms with van der Waals surface area (Å²) < 4.78 is 13.1. The first-order valence-corrected chi connectivity index (χ1v) is 9.47. The van der Waals surface area contributed by atoms with Gasteiger partial charge in [0.05, 0.1) is 7.11 Å². The summed E-state index contributed by atoms with van der Waals surface area (Å²) in [5.41, 5.74) is 0.883. The highest BCUT2D eigenvalue weighted by atomic mass is 16.5. The molecule has 5 rings (SSSR count). The smallest absolute Gasteiger partial charge is 0.324 e. The van der Waals surface area contributed by atoms with Crippen molar-refractivity contribution in [2.75, 3.05) is 25.1 Å². The first kappa shape index (κ1) is 16.3. The van der Waals surface area contributed by atoms with Gasteiger partial charge in [-0.3, -0.25) is 0 Å². The fraction of sp³-hybridized carbons (Fsp3) is 0.474. The molecule has 3 aromatic rings. The number of benzene rings is 1. The SMILES string of the molecule is COc1cccc(-c2noc(N3CCCC(c4nnc5n4CCC5)C3)n2)c1. The number of methoxy groups -OCH3 is 1. The first-order valence-electron chi connectivity index (χ1n) is 9.47. The maximum absolute atomic E-state index is 5.57. The van der Waals surface area contributed by atoms with Gasteiger partial charge in [-0.2, -0.15) is 4.98 Å². The van der Waals surface area contributed by atoms with Gasteiger partial charge in [0, 0.05) is 37.5 Å². The average Bonchev–Trinajstić information content (AvgIpc) is 3.45. The zero-order chi connectivity index (χ0) is 18.2. The van der Waals surface area contributed by atoms with Crippen molar-refractivity contribution < 1.29 is 9.26 Å². The molecule has 1 atom stereocenters. The van der Waals surface area contributed by atoms with Crippen LogP contribution < -0.4 is 9.64 Å². The van der Waals surface area contributed by atoms with Crippen molar-refractivity contribution in [1.82, 2.24) is 24.9 Å². The molecule has 8 heteroatoms. The zero-order valence-electron chi connectivity index (χ0n) is 15.3. The van der Waals surface area contributed by atoms with Gasteiger partial charge in [-0.25, -0.2) is 0 Å². The summed E-state index contributed by atoms with van der Waals surface area (Å²) in [7, 11) is 1.65. The van der Waals surface area contributed by atoms with Gasteiger partial charge in [-0.15, -0.1) is 10.2 Å². The van der Waals surface area contributed by atoms with E-state index in [-0.39, 0.29) is 0 Å². The molecule has 0 aliphatic carbocycles. The molecule has 140 valence electrons. The summed E-state index contributed by atoms with van der Waals surface area (Å²) in [6, 6.07) is 8.26. The molecule has 0 radical (unpaired) electrons. The minimum Gasteiger partial charge on any atom is -0.497 e. The number of rotatable bonds is 4. The second kappa shape index (κ2) is 6.68. The Morgan fingerprint density at radius 1 is 1.19 bits per heavy atom. The van der Waals surface area contributed by atoms with E-state index in [0.29, 0.717) is 17.8 Å². The van der Waals surface area contributed by atoms with E-state index in [1.165, 1.54) is 6.42 Å². The predicted octanol–water partition coefficient (Wildman–Crippen LogP) is 2.67. The second-order valence-electron chi connectivity index (χ2n) is 7.15. The third-order valence-corrected chi connectivity index (χ3v) is 5.44. The number of hydrogen-bond acceptors (Lipinski definition) is 7. The van der Waals surface area contributed by atoms with Crippen molar-refractivity contribution in [2.45, 2.75) is 38.1 Å². The monoisotopic (exact) mass is 366 g/mol. The molecule has 0 saturated carbocycles. The zero-order valence-corrected chi connectivity index (χ0v) is 15.3. The van der Waals surface area contributed by atoms with E-state index in [9.17, 15) is 0 Å². The Balaban J connectivity index is 1.36. The fourth-order valence-electron chi connectivity index (χ4n) is 4.06. The Kier molecular flexibility index (Phi) is 4.03. The van der Waals surface area contributed by atoms with Gasteiger partial charge in [0.2, 0.25) is 5.82 Å². The number of anilines is 1. The fourth-order valence-corrected chi connectivity index (χ4v) is 4.06. The van der Waals surface area contributed by atoms with Gasteiger partial charge >= 0.3 is 6.01 Å². The second-order valence-corrected chi connectivity index (χ2v) is 7.15. The normalized spacial score (nSPS) is 19.3. The molecule has 0 bridgehead atoms. The highest BCUT2D eigenvalue weighted by Crippen LogP contribution is 2.31. The highest BCUT2D eigenvalue weighted by Gasteiger charge is 2.30. The summed E-state index contributed by atoms with van der Waals surface area (Å²) in [6.07, 6.45) is 4.40. The van der Waals surface area contributed by atoms with Crippen LogP contribution in [0.3, 0.4) is 0 Å². The summed E-state index contributed by atoms with van der Waals surface area (Å²) in [4.78, 5) is 6.79. The number of fused-ring (bicyclic) bond motifs is 1. The van der Waals surface area contributed by atoms with Crippen LogP contribution >= 0.6 is 0 Å². The molecular weight excluding hydrogens is 344 g/mol. The number of hydrogen-bond donors (Lipinski definition) is 0. The van der Waals surface area contributed by atoms with Crippen LogP contribution in [0.1, 0.15) is 36.8 Å². The third kappa shape index (κ3) is 2.94. The van der Waals surface area contributed by atoms with E-state index >= 15 is 0 Å². The Labute approximate surface area is 157 Å². The molecule has 1 aromatic carbocycles. The Hall–Kier alpha value is -2.90. The molecule has 1 fully saturated rings. The number of ether oxygens (including phenoxy) is 1. The molecule has 1 unspecified atom stereocenters. The van der Waals surface area contributed by atoms with Crippen molar-refractivity contribution in [3.05, 3.63) is 35.9 Å². The molecule has 4 heterocycles. The van der Waals surface area contributed by atoms with Crippen molar-refractivity contribution in [2.24, 2.45) is 0 Å². The van der Waals surface area contributed by atoms with Crippen LogP contribution in [-0.2, 0) is 13.0 Å². The Morgan fingerprint density at radius 3 is 3.07 bits per heavy atom. The molecular formula is C19H22N6O2. The number of piperidine rings is 1. The van der Waals surface area contributed by atoms with Crippen molar-refractivity contribution in [3.8, 4) is 17.1 Å². The molecule has 2 aromatic heterocycles. The largest absolute Gasteiger partial charge is 0.497 e. The molecule has 2 aliphatic rings. The minimum atomic E-state index is 0.352. The molecule has 27 heavy (non-hydrogen) atoms. The number of aryl methyl sites for hydroxylation is 1. The van der Waals surface area contributed by atoms with E-state index in [4.69, 9.17) is 9.26 Å². The van der Waals surface area contributed by atoms with Crippen LogP contribution in [0.15, 0.2) is 28.8 Å². The predicted molar refractivity (Wildman–Crippen MR) is 98.8 cm³/mol. The van der Waals surface area contributed by atoms with Crippen LogP contribution in [0.5, 0.6) is 5.75 Å². The van der Waals surface area contributed by atoms with Crippen LogP contribution in [0.25, 0.3) is 11.4 Å². The summed E-state index contributed by atoms with van der Waals surface area (Å²) >= 11 is 0. The van der Waals surface area contributed by atoms with E-state index in [1.807, 2.05) is 24.3 Å². The lowest BCUT2D eigenvalue weighted by Crippen LogP contribution is -2.35. The first-order chi connectivity index (χ1) is 13.3. The number of aromatic nitrogens is 5. The van der Waals surface area contributed by atoms with Crippen LogP contribution in [0.4, 0.5) is 6.01 Å². The van der Waals surface area contributed by atoms with Crippen LogP contribution in [-0.4, -0.2) is 45.1 Å². The molecule has 1 saturated heterocycles. The van der Waals surface area contributed by atoms with Gasteiger partial charge < -0.3 is 18.7 Å². The lowest BCUT2D eigenvalue weighted by Gasteiger charge is -2.30. The Bertz CT molecular complexity index is 949. The summed E-state index contributed by atoms with van der Waals surface area (Å²) in [6.45, 7) is 2.78. The van der Waals surface area contributed by atoms with Crippen molar-refractivity contribution >= 4 is 6.01 Å². The van der Waals surface area contributed by atoms with Crippen LogP contribution in [0.2, 0.25) is 0 Å². The van der Waals surface area contributed by atoms with E-state index < -0.39 is 0 Å². The highest BCUT2D eigenvalue weighted by molar-refractivity contribution is 5.58. The molecule has 8 nitrogen and oxygen atoms in total. The van der Waals surface area contributed by atoms with Crippen molar-refractivity contribution in [1.29, 1.82) is 0 Å². The third-order valence-electron chi connectivity index (χ3n) is 5.44. The van der Waals surface area contributed by atoms with Crippen molar-refractivity contribution in [3.63, 3.8) is 0 Å². The maximum Gasteiger partial charge on any atom is 0.324 e. The van der Waals surface area contributed by atoms with Gasteiger partial charge in [-0.1, -0.05) is 17.3 Å². The molecule has 0 amide bonds. The van der Waals surface area contributed by atoms with Gasteiger partial charge in [0.1, 0.15) is 17.4 Å². The number of nitrogens with zero attached hydrogens (tertiary/aromatic N) is 6. The van der Waals surface area contributed by atoms with Gasteiger partial charge in [0.25, 0.3) is 0 Å². The summed E-state index contributed by atoms with van der Waals surface area (Å²) in [5, 5.41) is 13.0. The van der Waals surface area contributed by atoms with E-state index in [1.54, 1.807) is 7.11 Å². The van der Waals surface area contributed by atoms with Crippen LogP contribution in [0, 0.1) is 0 Å². The quantitative estimate of drug-likeness (QED) is 0.702. The summed E-state index contributed by atoms with van der Waals surface area (Å²) in [5.74, 6) is 3.94. The lowest BCUT2D eigenvalue weighted by atomic mass is 9.97. The van der Waals surface area contributed by atoms with E-state index in [2.05, 4.69) is 29.8 Å². The standard InChI is InChI=1S/C19H22N6O2/c1-26-15-7-2-5-13(11-15)17-20-19(27-23-17)24-9-3-6-14(12-24)18-22-21-16-8-4-10-25(16)18/h2,5,7,11,14H,3-4,6,8-10,12H2,1H3. The van der Waals surface area contributed by atoms with E-state index in [0.717, 1.165) is 61.9 Å². The molecule has 0 spiro atoms. The molecule has 2 aliphatic heterocycles. The maximum atomic E-state index is 5.57. The lowest BCUT2D eigenvalue weighted by molar-refractivity contribution is 0.387.